The van der Waals surface area contributed by atoms with Gasteiger partial charge in [0.05, 0.1) is 0 Å². The number of benzene rings is 1. The van der Waals surface area contributed by atoms with Crippen LogP contribution < -0.4 is 10.6 Å². The van der Waals surface area contributed by atoms with Crippen molar-refractivity contribution in [1.29, 1.82) is 0 Å². The predicted octanol–water partition coefficient (Wildman–Crippen LogP) is 2.91. The maximum Gasteiger partial charge on any atom is 0.134 e. The second-order valence-corrected chi connectivity index (χ2v) is 4.78. The van der Waals surface area contributed by atoms with Crippen molar-refractivity contribution < 1.29 is 0 Å². The van der Waals surface area contributed by atoms with Gasteiger partial charge in [0.25, 0.3) is 0 Å². The number of aryl methyl sites for hydroxylation is 1. The third-order valence-corrected chi connectivity index (χ3v) is 3.22. The van der Waals surface area contributed by atoms with Crippen molar-refractivity contribution in [3.8, 4) is 0 Å². The second kappa shape index (κ2) is 5.89. The molecule has 0 spiro atoms. The highest BCUT2D eigenvalue weighted by Crippen LogP contribution is 2.20. The minimum absolute atomic E-state index is 0.493. The fraction of sp³-hybridized carbons (Fsp3) is 0.286. The first-order valence-corrected chi connectivity index (χ1v) is 6.56. The van der Waals surface area contributed by atoms with Crippen molar-refractivity contribution in [2.24, 2.45) is 0 Å². The zero-order valence-electron chi connectivity index (χ0n) is 11.1. The first kappa shape index (κ1) is 13.6. The van der Waals surface area contributed by atoms with E-state index in [9.17, 15) is 0 Å². The van der Waals surface area contributed by atoms with Crippen LogP contribution in [0.3, 0.4) is 0 Å². The molecule has 5 heteroatoms. The van der Waals surface area contributed by atoms with Gasteiger partial charge in [0.2, 0.25) is 0 Å². The maximum absolute atomic E-state index is 6.16. The monoisotopic (exact) mass is 276 g/mol. The van der Waals surface area contributed by atoms with Crippen LogP contribution in [-0.2, 0) is 13.0 Å². The van der Waals surface area contributed by atoms with Gasteiger partial charge in [0, 0.05) is 31.1 Å². The van der Waals surface area contributed by atoms with Crippen LogP contribution in [0.25, 0.3) is 0 Å². The molecule has 0 bridgehead atoms. The molecule has 0 amide bonds. The van der Waals surface area contributed by atoms with Gasteiger partial charge in [-0.05, 0) is 11.6 Å². The van der Waals surface area contributed by atoms with E-state index >= 15 is 0 Å². The second-order valence-electron chi connectivity index (χ2n) is 4.37. The summed E-state index contributed by atoms with van der Waals surface area (Å²) < 4.78 is 0. The van der Waals surface area contributed by atoms with Crippen LogP contribution in [0.4, 0.5) is 11.6 Å². The molecule has 100 valence electrons. The molecule has 0 atom stereocenters. The molecule has 2 aromatic rings. The highest BCUT2D eigenvalue weighted by Gasteiger charge is 2.08. The molecule has 0 aliphatic rings. The van der Waals surface area contributed by atoms with Crippen LogP contribution in [0.15, 0.2) is 30.3 Å². The van der Waals surface area contributed by atoms with Crippen LogP contribution in [0.2, 0.25) is 5.02 Å². The molecule has 2 rings (SSSR count). The summed E-state index contributed by atoms with van der Waals surface area (Å²) in [5, 5.41) is 0.757. The Hall–Kier alpha value is -1.81. The molecule has 1 aromatic carbocycles. The molecule has 0 unspecified atom stereocenters. The smallest absolute Gasteiger partial charge is 0.134 e. The van der Waals surface area contributed by atoms with Gasteiger partial charge in [-0.2, -0.15) is 0 Å². The molecule has 19 heavy (non-hydrogen) atoms. The van der Waals surface area contributed by atoms with Gasteiger partial charge in [0.15, 0.2) is 0 Å². The fourth-order valence-electron chi connectivity index (χ4n) is 1.82. The lowest BCUT2D eigenvalue weighted by Crippen LogP contribution is -2.19. The average molecular weight is 277 g/mol. The number of nitrogen functional groups attached to an aromatic ring is 1. The average Bonchev–Trinajstić information content (AvgIpc) is 2.40. The highest BCUT2D eigenvalue weighted by atomic mass is 35.5. The predicted molar refractivity (Wildman–Crippen MR) is 79.4 cm³/mol. The Morgan fingerprint density at radius 3 is 2.68 bits per heavy atom. The molecule has 0 aliphatic heterocycles. The molecule has 1 aromatic heterocycles. The van der Waals surface area contributed by atoms with E-state index in [0.717, 1.165) is 28.6 Å². The van der Waals surface area contributed by atoms with Crippen LogP contribution in [0, 0.1) is 0 Å². The first-order chi connectivity index (χ1) is 9.10. The van der Waals surface area contributed by atoms with Crippen LogP contribution >= 0.6 is 11.6 Å². The zero-order chi connectivity index (χ0) is 13.8. The van der Waals surface area contributed by atoms with E-state index < -0.39 is 0 Å². The van der Waals surface area contributed by atoms with E-state index in [1.807, 2.05) is 43.1 Å². The Bertz CT molecular complexity index is 571. The van der Waals surface area contributed by atoms with Gasteiger partial charge < -0.3 is 10.6 Å². The largest absolute Gasteiger partial charge is 0.384 e. The van der Waals surface area contributed by atoms with E-state index in [4.69, 9.17) is 17.3 Å². The molecule has 1 heterocycles. The molecule has 4 nitrogen and oxygen atoms in total. The highest BCUT2D eigenvalue weighted by molar-refractivity contribution is 6.31. The zero-order valence-corrected chi connectivity index (χ0v) is 11.9. The minimum Gasteiger partial charge on any atom is -0.384 e. The number of anilines is 2. The van der Waals surface area contributed by atoms with Gasteiger partial charge in [0.1, 0.15) is 17.5 Å². The van der Waals surface area contributed by atoms with E-state index in [2.05, 4.69) is 9.97 Å². The summed E-state index contributed by atoms with van der Waals surface area (Å²) in [6, 6.07) is 9.56. The lowest BCUT2D eigenvalue weighted by molar-refractivity contribution is 0.861. The van der Waals surface area contributed by atoms with Gasteiger partial charge in [-0.1, -0.05) is 36.7 Å². The molecule has 0 aliphatic carbocycles. The Kier molecular flexibility index (Phi) is 4.22. The van der Waals surface area contributed by atoms with Crippen molar-refractivity contribution in [2.45, 2.75) is 19.9 Å². The number of halogens is 1. The topological polar surface area (TPSA) is 55.0 Å². The van der Waals surface area contributed by atoms with Crippen molar-refractivity contribution in [3.05, 3.63) is 46.7 Å². The standard InChI is InChI=1S/C14H17ClN4/c1-3-13-17-12(16)8-14(18-13)19(2)9-10-6-4-5-7-11(10)15/h4-8H,3,9H2,1-2H3,(H2,16,17,18). The number of rotatable bonds is 4. The third kappa shape index (κ3) is 3.35. The van der Waals surface area contributed by atoms with Crippen molar-refractivity contribution in [3.63, 3.8) is 0 Å². The van der Waals surface area contributed by atoms with E-state index in [0.29, 0.717) is 12.4 Å². The first-order valence-electron chi connectivity index (χ1n) is 6.18. The van der Waals surface area contributed by atoms with Gasteiger partial charge in [-0.25, -0.2) is 9.97 Å². The van der Waals surface area contributed by atoms with Crippen LogP contribution in [0.1, 0.15) is 18.3 Å². The summed E-state index contributed by atoms with van der Waals surface area (Å²) in [6.45, 7) is 2.69. The molecular weight excluding hydrogens is 260 g/mol. The lowest BCUT2D eigenvalue weighted by atomic mass is 10.2. The summed E-state index contributed by atoms with van der Waals surface area (Å²) in [4.78, 5) is 10.7. The number of nitrogens with zero attached hydrogens (tertiary/aromatic N) is 3. The Labute approximate surface area is 118 Å². The Morgan fingerprint density at radius 2 is 2.00 bits per heavy atom. The quantitative estimate of drug-likeness (QED) is 0.933. The number of hydrogen-bond donors (Lipinski definition) is 1. The van der Waals surface area contributed by atoms with Gasteiger partial charge in [-0.15, -0.1) is 0 Å². The van der Waals surface area contributed by atoms with Gasteiger partial charge >= 0.3 is 0 Å². The van der Waals surface area contributed by atoms with Crippen LogP contribution in [0.5, 0.6) is 0 Å². The van der Waals surface area contributed by atoms with Gasteiger partial charge in [-0.3, -0.25) is 0 Å². The summed E-state index contributed by atoms with van der Waals surface area (Å²) in [6.07, 6.45) is 0.762. The summed E-state index contributed by atoms with van der Waals surface area (Å²) in [7, 11) is 1.96. The molecule has 2 N–H and O–H groups in total. The van der Waals surface area contributed by atoms with E-state index in [1.165, 1.54) is 0 Å². The summed E-state index contributed by atoms with van der Waals surface area (Å²) in [5.74, 6) is 2.05. The van der Waals surface area contributed by atoms with E-state index in [1.54, 1.807) is 6.07 Å². The summed E-state index contributed by atoms with van der Waals surface area (Å²) in [5.41, 5.74) is 6.85. The summed E-state index contributed by atoms with van der Waals surface area (Å²) >= 11 is 6.16. The SMILES string of the molecule is CCc1nc(N)cc(N(C)Cc2ccccc2Cl)n1. The Morgan fingerprint density at radius 1 is 1.26 bits per heavy atom. The van der Waals surface area contributed by atoms with Crippen molar-refractivity contribution in [2.75, 3.05) is 17.7 Å². The third-order valence-electron chi connectivity index (χ3n) is 2.85. The van der Waals surface area contributed by atoms with Crippen molar-refractivity contribution in [1.82, 2.24) is 9.97 Å². The molecule has 0 fully saturated rings. The van der Waals surface area contributed by atoms with E-state index in [-0.39, 0.29) is 0 Å². The Balaban J connectivity index is 2.22. The number of hydrogen-bond acceptors (Lipinski definition) is 4. The molecule has 0 saturated heterocycles. The number of nitrogens with two attached hydrogens (primary N) is 1. The molecule has 0 saturated carbocycles. The van der Waals surface area contributed by atoms with Crippen molar-refractivity contribution >= 4 is 23.2 Å². The normalized spacial score (nSPS) is 10.5. The fourth-order valence-corrected chi connectivity index (χ4v) is 2.02. The van der Waals surface area contributed by atoms with Crippen LogP contribution in [-0.4, -0.2) is 17.0 Å². The number of aromatic nitrogens is 2. The lowest BCUT2D eigenvalue weighted by Gasteiger charge is -2.19. The minimum atomic E-state index is 0.493. The molecular formula is C14H17ClN4. The maximum atomic E-state index is 6.16. The molecule has 0 radical (unpaired) electrons.